The fourth-order valence-electron chi connectivity index (χ4n) is 1.25. The van der Waals surface area contributed by atoms with Crippen molar-refractivity contribution in [3.8, 4) is 0 Å². The number of hydrogen-bond acceptors (Lipinski definition) is 2. The van der Waals surface area contributed by atoms with Gasteiger partial charge in [-0.3, -0.25) is 16.9 Å². The van der Waals surface area contributed by atoms with Crippen molar-refractivity contribution in [2.24, 2.45) is 0 Å². The van der Waals surface area contributed by atoms with Gasteiger partial charge in [0, 0.05) is 5.56 Å². The molecule has 2 N–H and O–H groups in total. The first-order chi connectivity index (χ1) is 5.79. The van der Waals surface area contributed by atoms with Gasteiger partial charge in [0.25, 0.3) is 0 Å². The molecule has 0 unspecified atom stereocenters. The fraction of sp³-hybridized carbons (Fsp3) is 0.143. The first-order valence-corrected chi connectivity index (χ1v) is 5.08. The Bertz CT molecular complexity index is 356. The first-order valence-electron chi connectivity index (χ1n) is 3.59. The molecule has 0 aliphatic carbocycles. The Morgan fingerprint density at radius 2 is 2.58 bits per heavy atom. The monoisotopic (exact) mass is 185 g/mol. The number of nitrogens with zero attached hydrogens (tertiary/aromatic N) is 1. The number of aromatic nitrogens is 2. The summed E-state index contributed by atoms with van der Waals surface area (Å²) < 4.78 is 0. The molecule has 12 heavy (non-hydrogen) atoms. The van der Waals surface area contributed by atoms with E-state index in [1.807, 2.05) is 6.08 Å². The van der Waals surface area contributed by atoms with Crippen LogP contribution in [-0.4, -0.2) is 21.3 Å². The quantitative estimate of drug-likeness (QED) is 0.670. The van der Waals surface area contributed by atoms with Gasteiger partial charge in [0.05, 0.1) is 5.69 Å². The summed E-state index contributed by atoms with van der Waals surface area (Å²) in [6.07, 6.45) is 1.91. The lowest BCUT2D eigenvalue weighted by atomic mass is 10.2. The summed E-state index contributed by atoms with van der Waals surface area (Å²) in [4.78, 5) is 10.6. The molecule has 0 amide bonds. The normalized spacial score (nSPS) is 15.0. The van der Waals surface area contributed by atoms with Crippen LogP contribution in [0.3, 0.4) is 0 Å². The van der Waals surface area contributed by atoms with E-state index in [2.05, 4.69) is 15.6 Å². The molecule has 4 nitrogen and oxygen atoms in total. The molecule has 0 fully saturated rings. The number of aromatic amines is 1. The van der Waals surface area contributed by atoms with Gasteiger partial charge >= 0.3 is 5.97 Å². The zero-order valence-corrected chi connectivity index (χ0v) is 7.40. The Morgan fingerprint density at radius 1 is 1.75 bits per heavy atom. The van der Waals surface area contributed by atoms with E-state index in [9.17, 15) is 4.79 Å². The molecule has 2 rings (SSSR count). The molecule has 0 saturated heterocycles. The second kappa shape index (κ2) is 2.67. The summed E-state index contributed by atoms with van der Waals surface area (Å²) in [5, 5.41) is 17.3. The summed E-state index contributed by atoms with van der Waals surface area (Å²) in [6.45, 7) is 0. The topological polar surface area (TPSA) is 66.0 Å². The Morgan fingerprint density at radius 3 is 3.33 bits per heavy atom. The van der Waals surface area contributed by atoms with Crippen molar-refractivity contribution in [1.29, 1.82) is 0 Å². The number of carboxylic acids is 1. The number of nitrogens with one attached hydrogen (secondary N) is 1. The molecule has 0 aromatic carbocycles. The minimum absolute atomic E-state index is 0.182. The molecule has 65 valence electrons. The molecule has 1 aliphatic heterocycles. The molecule has 5 heteroatoms. The van der Waals surface area contributed by atoms with E-state index < -0.39 is 5.97 Å². The summed E-state index contributed by atoms with van der Waals surface area (Å²) in [5.74, 6) is -0.0912. The van der Waals surface area contributed by atoms with E-state index >= 15 is 0 Å². The fourth-order valence-corrected chi connectivity index (χ4v) is 2.36. The Kier molecular flexibility index (Phi) is 1.65. The van der Waals surface area contributed by atoms with E-state index in [0.29, 0.717) is 0 Å². The lowest BCUT2D eigenvalue weighted by molar-refractivity contribution is 0.0689. The number of aromatic carboxylic acids is 1. The van der Waals surface area contributed by atoms with Crippen LogP contribution in [0.2, 0.25) is 0 Å². The zero-order valence-electron chi connectivity index (χ0n) is 6.24. The van der Waals surface area contributed by atoms with Crippen LogP contribution in [0.1, 0.15) is 21.7 Å². The highest BCUT2D eigenvalue weighted by Crippen LogP contribution is 2.25. The lowest BCUT2D eigenvalue weighted by Crippen LogP contribution is -2.01. The van der Waals surface area contributed by atoms with Crippen LogP contribution in [0.15, 0.2) is 5.41 Å². The van der Waals surface area contributed by atoms with Crippen molar-refractivity contribution in [3.63, 3.8) is 0 Å². The molecule has 0 atom stereocenters. The predicted octanol–water partition coefficient (Wildman–Crippen LogP) is 0.522. The van der Waals surface area contributed by atoms with Gasteiger partial charge < -0.3 is 5.11 Å². The van der Waals surface area contributed by atoms with Crippen molar-refractivity contribution < 1.29 is 9.90 Å². The summed E-state index contributed by atoms with van der Waals surface area (Å²) >= 11 is 0.221. The van der Waals surface area contributed by atoms with Gasteiger partial charge in [0.1, 0.15) is 0 Å². The highest BCUT2D eigenvalue weighted by atomic mass is 32.2. The van der Waals surface area contributed by atoms with Crippen molar-refractivity contribution in [1.82, 2.24) is 10.2 Å². The molecular formula is C7H9N2O2S. The van der Waals surface area contributed by atoms with Crippen LogP contribution >= 0.6 is 11.8 Å². The summed E-state index contributed by atoms with van der Waals surface area (Å²) in [7, 11) is 0. The van der Waals surface area contributed by atoms with Crippen LogP contribution in [0.4, 0.5) is 0 Å². The average Bonchev–Trinajstić information content (AvgIpc) is 2.47. The number of H-pyrrole nitrogens is 1. The van der Waals surface area contributed by atoms with E-state index in [1.54, 1.807) is 0 Å². The molecule has 0 spiro atoms. The van der Waals surface area contributed by atoms with Crippen molar-refractivity contribution in [2.75, 3.05) is 0 Å². The van der Waals surface area contributed by atoms with E-state index in [1.165, 1.54) is 0 Å². The van der Waals surface area contributed by atoms with E-state index in [-0.39, 0.29) is 17.5 Å². The summed E-state index contributed by atoms with van der Waals surface area (Å²) in [6, 6.07) is 0. The standard InChI is InChI=1S/C7H9N2O2S/c10-7(11)6-4-3-12-2-1-5(4)8-9-6/h1-2H,3H2,12H3,(H,8,9)(H,10,11). The SMILES string of the molecule is O=C(O)c1n[nH]c2c1C[SH3]C=C2. The number of fused-ring (bicyclic) bond motifs is 1. The number of rotatable bonds is 1. The minimum atomic E-state index is -0.942. The molecule has 0 bridgehead atoms. The van der Waals surface area contributed by atoms with Crippen molar-refractivity contribution in [3.05, 3.63) is 22.4 Å². The maximum atomic E-state index is 10.6. The molecule has 2 heterocycles. The molecule has 0 saturated carbocycles. The van der Waals surface area contributed by atoms with Crippen molar-refractivity contribution >= 4 is 23.8 Å². The maximum Gasteiger partial charge on any atom is 0.356 e. The molecule has 1 aromatic heterocycles. The van der Waals surface area contributed by atoms with Gasteiger partial charge in [-0.15, -0.1) is 0 Å². The zero-order chi connectivity index (χ0) is 8.55. The van der Waals surface area contributed by atoms with Crippen LogP contribution < -0.4 is 0 Å². The Balaban J connectivity index is 2.53. The molecule has 1 radical (unpaired) electrons. The highest BCUT2D eigenvalue weighted by molar-refractivity contribution is 8.01. The number of hydrogen-bond donors (Lipinski definition) is 2. The van der Waals surface area contributed by atoms with Crippen LogP contribution in [0.25, 0.3) is 6.08 Å². The highest BCUT2D eigenvalue weighted by Gasteiger charge is 2.17. The van der Waals surface area contributed by atoms with E-state index in [0.717, 1.165) is 17.0 Å². The average molecular weight is 185 g/mol. The largest absolute Gasteiger partial charge is 0.476 e. The Labute approximate surface area is 72.7 Å². The van der Waals surface area contributed by atoms with Crippen LogP contribution in [-0.2, 0) is 5.75 Å². The molecular weight excluding hydrogens is 176 g/mol. The second-order valence-electron chi connectivity index (χ2n) is 2.57. The third-order valence-corrected chi connectivity index (χ3v) is 2.93. The van der Waals surface area contributed by atoms with Gasteiger partial charge in [-0.2, -0.15) is 5.10 Å². The van der Waals surface area contributed by atoms with Gasteiger partial charge in [0.2, 0.25) is 0 Å². The maximum absolute atomic E-state index is 10.6. The lowest BCUT2D eigenvalue weighted by Gasteiger charge is -2.05. The van der Waals surface area contributed by atoms with E-state index in [4.69, 9.17) is 5.11 Å². The predicted molar refractivity (Wildman–Crippen MR) is 50.1 cm³/mol. The number of carboxylic acid groups (broad SMARTS) is 1. The van der Waals surface area contributed by atoms with Crippen LogP contribution in [0.5, 0.6) is 0 Å². The van der Waals surface area contributed by atoms with Crippen molar-refractivity contribution in [2.45, 2.75) is 5.75 Å². The smallest absolute Gasteiger partial charge is 0.356 e. The minimum Gasteiger partial charge on any atom is -0.476 e. The van der Waals surface area contributed by atoms with Crippen LogP contribution in [0, 0.1) is 0 Å². The van der Waals surface area contributed by atoms with Gasteiger partial charge in [-0.05, 0) is 11.8 Å². The summed E-state index contributed by atoms with van der Waals surface area (Å²) in [5.41, 5.74) is 1.90. The first kappa shape index (κ1) is 7.42. The second-order valence-corrected chi connectivity index (χ2v) is 3.83. The van der Waals surface area contributed by atoms with Gasteiger partial charge in [-0.1, -0.05) is 5.41 Å². The van der Waals surface area contributed by atoms with Gasteiger partial charge in [0.15, 0.2) is 5.69 Å². The third kappa shape index (κ3) is 1.02. The number of carbonyl (C=O) groups is 1. The van der Waals surface area contributed by atoms with Gasteiger partial charge in [-0.25, -0.2) is 4.79 Å². The molecule has 1 aromatic rings. The Hall–Kier alpha value is -1.23. The molecule has 1 aliphatic rings. The third-order valence-electron chi connectivity index (χ3n) is 1.82.